The van der Waals surface area contributed by atoms with Crippen LogP contribution in [0.15, 0.2) is 36.7 Å². The van der Waals surface area contributed by atoms with E-state index in [1.54, 1.807) is 12.4 Å². The average molecular weight is 305 g/mol. The van der Waals surface area contributed by atoms with Crippen molar-refractivity contribution in [3.8, 4) is 11.5 Å². The Kier molecular flexibility index (Phi) is 4.27. The van der Waals surface area contributed by atoms with Gasteiger partial charge in [0.15, 0.2) is 11.5 Å². The third-order valence-corrected chi connectivity index (χ3v) is 3.75. The maximum absolute atomic E-state index is 6.45. The van der Waals surface area contributed by atoms with E-state index in [4.69, 9.17) is 21.1 Å². The van der Waals surface area contributed by atoms with Crippen molar-refractivity contribution < 1.29 is 9.47 Å². The molecule has 0 saturated heterocycles. The van der Waals surface area contributed by atoms with Crippen molar-refractivity contribution in [2.24, 2.45) is 0 Å². The van der Waals surface area contributed by atoms with Gasteiger partial charge >= 0.3 is 0 Å². The van der Waals surface area contributed by atoms with Crippen molar-refractivity contribution in [1.29, 1.82) is 0 Å². The number of pyridine rings is 1. The number of halogens is 1. The fraction of sp³-hybridized carbons (Fsp3) is 0.312. The summed E-state index contributed by atoms with van der Waals surface area (Å²) in [5.74, 6) is 1.46. The zero-order chi connectivity index (χ0) is 14.7. The Morgan fingerprint density at radius 1 is 1.19 bits per heavy atom. The van der Waals surface area contributed by atoms with E-state index in [0.717, 1.165) is 23.4 Å². The topological polar surface area (TPSA) is 43.4 Å². The smallest absolute Gasteiger partial charge is 0.162 e. The lowest BCUT2D eigenvalue weighted by molar-refractivity contribution is 0.171. The monoisotopic (exact) mass is 304 g/mol. The first-order valence-electron chi connectivity index (χ1n) is 7.02. The van der Waals surface area contributed by atoms with Gasteiger partial charge in [0, 0.05) is 23.5 Å². The molecule has 1 aromatic heterocycles. The van der Waals surface area contributed by atoms with Crippen LogP contribution in [0.1, 0.15) is 24.1 Å². The van der Waals surface area contributed by atoms with Gasteiger partial charge in [-0.1, -0.05) is 18.5 Å². The first kappa shape index (κ1) is 14.2. The standard InChI is InChI=1S/C16H17ClN2O2/c1-2-19-16(11-3-5-18-6-4-11)12-9-14-15(10-13(12)17)21-8-7-20-14/h3-6,9-10,16,19H,2,7-8H2,1H3. The highest BCUT2D eigenvalue weighted by atomic mass is 35.5. The molecule has 1 aliphatic rings. The van der Waals surface area contributed by atoms with E-state index < -0.39 is 0 Å². The summed E-state index contributed by atoms with van der Waals surface area (Å²) >= 11 is 6.45. The van der Waals surface area contributed by atoms with Crippen LogP contribution in [0.3, 0.4) is 0 Å². The highest BCUT2D eigenvalue weighted by molar-refractivity contribution is 6.31. The first-order chi connectivity index (χ1) is 10.3. The van der Waals surface area contributed by atoms with Crippen molar-refractivity contribution in [2.75, 3.05) is 19.8 Å². The lowest BCUT2D eigenvalue weighted by Crippen LogP contribution is -2.23. The van der Waals surface area contributed by atoms with Gasteiger partial charge in [-0.25, -0.2) is 0 Å². The van der Waals surface area contributed by atoms with Gasteiger partial charge in [0.25, 0.3) is 0 Å². The van der Waals surface area contributed by atoms with E-state index in [2.05, 4.69) is 17.2 Å². The third-order valence-electron chi connectivity index (χ3n) is 3.42. The Balaban J connectivity index is 2.03. The van der Waals surface area contributed by atoms with E-state index in [-0.39, 0.29) is 6.04 Å². The minimum atomic E-state index is 0.00123. The van der Waals surface area contributed by atoms with Gasteiger partial charge in [-0.15, -0.1) is 0 Å². The van der Waals surface area contributed by atoms with E-state index in [0.29, 0.717) is 24.0 Å². The molecule has 110 valence electrons. The molecule has 1 N–H and O–H groups in total. The molecule has 21 heavy (non-hydrogen) atoms. The van der Waals surface area contributed by atoms with Crippen molar-refractivity contribution in [3.63, 3.8) is 0 Å². The van der Waals surface area contributed by atoms with Crippen molar-refractivity contribution in [3.05, 3.63) is 52.8 Å². The number of nitrogens with zero attached hydrogens (tertiary/aromatic N) is 1. The number of benzene rings is 1. The second kappa shape index (κ2) is 6.33. The number of hydrogen-bond acceptors (Lipinski definition) is 4. The Bertz CT molecular complexity index is 619. The molecule has 4 nitrogen and oxygen atoms in total. The Labute approximate surface area is 129 Å². The quantitative estimate of drug-likeness (QED) is 0.942. The minimum Gasteiger partial charge on any atom is -0.486 e. The van der Waals surface area contributed by atoms with Crippen molar-refractivity contribution >= 4 is 11.6 Å². The summed E-state index contributed by atoms with van der Waals surface area (Å²) in [5.41, 5.74) is 2.10. The van der Waals surface area contributed by atoms with E-state index in [1.807, 2.05) is 24.3 Å². The van der Waals surface area contributed by atoms with E-state index >= 15 is 0 Å². The molecule has 1 atom stereocenters. The van der Waals surface area contributed by atoms with Crippen LogP contribution in [0.4, 0.5) is 0 Å². The highest BCUT2D eigenvalue weighted by Gasteiger charge is 2.21. The molecule has 2 aromatic rings. The number of hydrogen-bond donors (Lipinski definition) is 1. The summed E-state index contributed by atoms with van der Waals surface area (Å²) < 4.78 is 11.2. The molecule has 1 unspecified atom stereocenters. The number of aromatic nitrogens is 1. The largest absolute Gasteiger partial charge is 0.486 e. The number of rotatable bonds is 4. The minimum absolute atomic E-state index is 0.00123. The Hall–Kier alpha value is -1.78. The van der Waals surface area contributed by atoms with Crippen molar-refractivity contribution in [2.45, 2.75) is 13.0 Å². The fourth-order valence-corrected chi connectivity index (χ4v) is 2.73. The summed E-state index contributed by atoms with van der Waals surface area (Å²) in [6.45, 7) is 4.02. The van der Waals surface area contributed by atoms with Crippen LogP contribution in [-0.2, 0) is 0 Å². The molecule has 0 amide bonds. The van der Waals surface area contributed by atoms with Crippen LogP contribution < -0.4 is 14.8 Å². The highest BCUT2D eigenvalue weighted by Crippen LogP contribution is 2.39. The molecule has 0 aliphatic carbocycles. The summed E-state index contributed by atoms with van der Waals surface area (Å²) in [4.78, 5) is 4.07. The van der Waals surface area contributed by atoms with Crippen LogP contribution in [0, 0.1) is 0 Å². The third kappa shape index (κ3) is 2.96. The Morgan fingerprint density at radius 3 is 2.52 bits per heavy atom. The summed E-state index contributed by atoms with van der Waals surface area (Å²) in [6.07, 6.45) is 3.57. The Morgan fingerprint density at radius 2 is 1.86 bits per heavy atom. The summed E-state index contributed by atoms with van der Waals surface area (Å²) in [7, 11) is 0. The molecule has 0 fully saturated rings. The van der Waals surface area contributed by atoms with Gasteiger partial charge in [0.2, 0.25) is 0 Å². The first-order valence-corrected chi connectivity index (χ1v) is 7.39. The lowest BCUT2D eigenvalue weighted by atomic mass is 9.99. The molecule has 0 radical (unpaired) electrons. The number of ether oxygens (including phenoxy) is 2. The van der Waals surface area contributed by atoms with Crippen LogP contribution >= 0.6 is 11.6 Å². The normalized spacial score (nSPS) is 14.8. The van der Waals surface area contributed by atoms with Gasteiger partial charge in [-0.3, -0.25) is 4.98 Å². The van der Waals surface area contributed by atoms with Gasteiger partial charge < -0.3 is 14.8 Å². The maximum atomic E-state index is 6.45. The zero-order valence-electron chi connectivity index (χ0n) is 11.8. The zero-order valence-corrected chi connectivity index (χ0v) is 12.6. The molecule has 0 bridgehead atoms. The molecular formula is C16H17ClN2O2. The van der Waals surface area contributed by atoms with E-state index in [9.17, 15) is 0 Å². The SMILES string of the molecule is CCNC(c1ccncc1)c1cc2c(cc1Cl)OCCO2. The molecule has 1 aliphatic heterocycles. The second-order valence-corrected chi connectivity index (χ2v) is 5.20. The summed E-state index contributed by atoms with van der Waals surface area (Å²) in [6, 6.07) is 7.77. The predicted octanol–water partition coefficient (Wildman–Crippen LogP) is 3.21. The molecule has 0 spiro atoms. The van der Waals surface area contributed by atoms with Crippen LogP contribution in [0.5, 0.6) is 11.5 Å². The molecule has 1 aromatic carbocycles. The molecule has 5 heteroatoms. The number of fused-ring (bicyclic) bond motifs is 1. The summed E-state index contributed by atoms with van der Waals surface area (Å²) in [5, 5.41) is 4.12. The van der Waals surface area contributed by atoms with Gasteiger partial charge in [0.05, 0.1) is 6.04 Å². The van der Waals surface area contributed by atoms with Crippen LogP contribution in [0.2, 0.25) is 5.02 Å². The molecule has 3 rings (SSSR count). The number of nitrogens with one attached hydrogen (secondary N) is 1. The lowest BCUT2D eigenvalue weighted by Gasteiger charge is -2.24. The van der Waals surface area contributed by atoms with Crippen LogP contribution in [-0.4, -0.2) is 24.7 Å². The fourth-order valence-electron chi connectivity index (χ4n) is 2.47. The molecule has 2 heterocycles. The maximum Gasteiger partial charge on any atom is 0.162 e. The molecule has 0 saturated carbocycles. The van der Waals surface area contributed by atoms with Gasteiger partial charge in [-0.05, 0) is 35.9 Å². The second-order valence-electron chi connectivity index (χ2n) is 4.79. The van der Waals surface area contributed by atoms with E-state index in [1.165, 1.54) is 0 Å². The predicted molar refractivity (Wildman–Crippen MR) is 82.2 cm³/mol. The van der Waals surface area contributed by atoms with Crippen molar-refractivity contribution in [1.82, 2.24) is 10.3 Å². The van der Waals surface area contributed by atoms with Gasteiger partial charge in [0.1, 0.15) is 13.2 Å². The molecular weight excluding hydrogens is 288 g/mol. The van der Waals surface area contributed by atoms with Crippen LogP contribution in [0.25, 0.3) is 0 Å². The van der Waals surface area contributed by atoms with Gasteiger partial charge in [-0.2, -0.15) is 0 Å². The average Bonchev–Trinajstić information content (AvgIpc) is 2.53.